The van der Waals surface area contributed by atoms with Gasteiger partial charge in [0.1, 0.15) is 0 Å². The van der Waals surface area contributed by atoms with Crippen LogP contribution in [0.1, 0.15) is 41.0 Å². The molecule has 0 saturated carbocycles. The zero-order chi connectivity index (χ0) is 13.8. The minimum absolute atomic E-state index is 0.335. The standard InChI is InChI=1S/C17H22N2/c1-12-8-9-13(2)17(10-12)15(4)18-11-16-7-5-6-14(3)19-16/h5-10,15,18H,11H2,1-4H3. The Morgan fingerprint density at radius 1 is 1.11 bits per heavy atom. The number of hydrogen-bond donors (Lipinski definition) is 1. The van der Waals surface area contributed by atoms with Gasteiger partial charge < -0.3 is 5.32 Å². The molecule has 19 heavy (non-hydrogen) atoms. The van der Waals surface area contributed by atoms with Gasteiger partial charge in [0.2, 0.25) is 0 Å². The summed E-state index contributed by atoms with van der Waals surface area (Å²) in [5.41, 5.74) is 6.18. The number of aromatic nitrogens is 1. The fourth-order valence-corrected chi connectivity index (χ4v) is 2.29. The maximum Gasteiger partial charge on any atom is 0.0545 e. The summed E-state index contributed by atoms with van der Waals surface area (Å²) in [5, 5.41) is 3.55. The van der Waals surface area contributed by atoms with E-state index in [9.17, 15) is 0 Å². The number of rotatable bonds is 4. The third kappa shape index (κ3) is 3.65. The minimum Gasteiger partial charge on any atom is -0.305 e. The lowest BCUT2D eigenvalue weighted by atomic mass is 10.00. The van der Waals surface area contributed by atoms with Crippen LogP contribution < -0.4 is 5.32 Å². The Kier molecular flexibility index (Phi) is 4.33. The van der Waals surface area contributed by atoms with Crippen LogP contribution in [0.15, 0.2) is 36.4 Å². The van der Waals surface area contributed by atoms with Gasteiger partial charge in [-0.05, 0) is 51.0 Å². The van der Waals surface area contributed by atoms with Crippen molar-refractivity contribution in [3.8, 4) is 0 Å². The molecule has 0 amide bonds. The maximum absolute atomic E-state index is 4.52. The molecule has 2 heteroatoms. The third-order valence-electron chi connectivity index (χ3n) is 3.44. The van der Waals surface area contributed by atoms with Gasteiger partial charge >= 0.3 is 0 Å². The van der Waals surface area contributed by atoms with Gasteiger partial charge in [0, 0.05) is 18.3 Å². The molecule has 0 saturated heterocycles. The summed E-state index contributed by atoms with van der Waals surface area (Å²) in [5.74, 6) is 0. The number of pyridine rings is 1. The highest BCUT2D eigenvalue weighted by Gasteiger charge is 2.08. The summed E-state index contributed by atoms with van der Waals surface area (Å²) in [6.07, 6.45) is 0. The van der Waals surface area contributed by atoms with Crippen molar-refractivity contribution in [3.63, 3.8) is 0 Å². The molecule has 2 aromatic rings. The highest BCUT2D eigenvalue weighted by atomic mass is 14.9. The van der Waals surface area contributed by atoms with Crippen LogP contribution in [0, 0.1) is 20.8 Å². The minimum atomic E-state index is 0.335. The smallest absolute Gasteiger partial charge is 0.0545 e. The molecular formula is C17H22N2. The molecule has 1 heterocycles. The normalized spacial score (nSPS) is 12.4. The molecular weight excluding hydrogens is 232 g/mol. The van der Waals surface area contributed by atoms with Gasteiger partial charge in [-0.15, -0.1) is 0 Å². The summed E-state index contributed by atoms with van der Waals surface area (Å²) < 4.78 is 0. The predicted octanol–water partition coefficient (Wildman–Crippen LogP) is 3.86. The zero-order valence-corrected chi connectivity index (χ0v) is 12.2. The SMILES string of the molecule is Cc1ccc(C)c(C(C)NCc2cccc(C)n2)c1. The number of hydrogen-bond acceptors (Lipinski definition) is 2. The molecule has 0 aliphatic carbocycles. The fraction of sp³-hybridized carbons (Fsp3) is 0.353. The van der Waals surface area contributed by atoms with E-state index in [1.54, 1.807) is 0 Å². The van der Waals surface area contributed by atoms with Gasteiger partial charge in [0.15, 0.2) is 0 Å². The molecule has 0 aliphatic rings. The van der Waals surface area contributed by atoms with Crippen LogP contribution >= 0.6 is 0 Å². The molecule has 1 unspecified atom stereocenters. The van der Waals surface area contributed by atoms with Crippen molar-refractivity contribution in [2.75, 3.05) is 0 Å². The molecule has 1 atom stereocenters. The van der Waals surface area contributed by atoms with Gasteiger partial charge in [-0.25, -0.2) is 0 Å². The molecule has 0 aliphatic heterocycles. The molecule has 1 aromatic heterocycles. The zero-order valence-electron chi connectivity index (χ0n) is 12.2. The van der Waals surface area contributed by atoms with Gasteiger partial charge in [-0.2, -0.15) is 0 Å². The first kappa shape index (κ1) is 13.8. The average Bonchev–Trinajstić information content (AvgIpc) is 2.39. The Labute approximate surface area is 115 Å². The monoisotopic (exact) mass is 254 g/mol. The second-order valence-corrected chi connectivity index (χ2v) is 5.23. The number of benzene rings is 1. The van der Waals surface area contributed by atoms with Crippen molar-refractivity contribution in [2.24, 2.45) is 0 Å². The van der Waals surface area contributed by atoms with E-state index in [0.717, 1.165) is 17.9 Å². The third-order valence-corrected chi connectivity index (χ3v) is 3.44. The van der Waals surface area contributed by atoms with Crippen molar-refractivity contribution in [2.45, 2.75) is 40.3 Å². The summed E-state index contributed by atoms with van der Waals surface area (Å²) in [4.78, 5) is 4.52. The lowest BCUT2D eigenvalue weighted by Crippen LogP contribution is -2.19. The van der Waals surface area contributed by atoms with Crippen LogP contribution in [0.25, 0.3) is 0 Å². The van der Waals surface area contributed by atoms with Gasteiger partial charge in [-0.1, -0.05) is 29.8 Å². The Morgan fingerprint density at radius 2 is 1.89 bits per heavy atom. The highest BCUT2D eigenvalue weighted by molar-refractivity contribution is 5.32. The molecule has 100 valence electrons. The largest absolute Gasteiger partial charge is 0.305 e. The summed E-state index contributed by atoms with van der Waals surface area (Å²) in [6.45, 7) is 9.33. The first-order chi connectivity index (χ1) is 9.06. The van der Waals surface area contributed by atoms with E-state index in [2.05, 4.69) is 61.4 Å². The Morgan fingerprint density at radius 3 is 2.63 bits per heavy atom. The van der Waals surface area contributed by atoms with E-state index in [4.69, 9.17) is 0 Å². The Balaban J connectivity index is 2.05. The molecule has 1 aromatic carbocycles. The van der Waals surface area contributed by atoms with E-state index in [0.29, 0.717) is 6.04 Å². The Hall–Kier alpha value is -1.67. The molecule has 0 radical (unpaired) electrons. The predicted molar refractivity (Wildman–Crippen MR) is 80.1 cm³/mol. The molecule has 0 bridgehead atoms. The van der Waals surface area contributed by atoms with E-state index in [1.165, 1.54) is 16.7 Å². The van der Waals surface area contributed by atoms with Gasteiger partial charge in [-0.3, -0.25) is 4.98 Å². The second-order valence-electron chi connectivity index (χ2n) is 5.23. The van der Waals surface area contributed by atoms with Crippen LogP contribution in [0.4, 0.5) is 0 Å². The lowest BCUT2D eigenvalue weighted by molar-refractivity contribution is 0.564. The molecule has 2 rings (SSSR count). The average molecular weight is 254 g/mol. The van der Waals surface area contributed by atoms with Crippen LogP contribution in [-0.2, 0) is 6.54 Å². The highest BCUT2D eigenvalue weighted by Crippen LogP contribution is 2.19. The first-order valence-electron chi connectivity index (χ1n) is 6.79. The lowest BCUT2D eigenvalue weighted by Gasteiger charge is -2.17. The van der Waals surface area contributed by atoms with Crippen molar-refractivity contribution in [1.82, 2.24) is 10.3 Å². The van der Waals surface area contributed by atoms with E-state index < -0.39 is 0 Å². The van der Waals surface area contributed by atoms with Gasteiger partial charge in [0.05, 0.1) is 5.69 Å². The molecule has 0 spiro atoms. The van der Waals surface area contributed by atoms with Crippen molar-refractivity contribution < 1.29 is 0 Å². The summed E-state index contributed by atoms with van der Waals surface area (Å²) in [7, 11) is 0. The summed E-state index contributed by atoms with van der Waals surface area (Å²) in [6, 6.07) is 13.1. The maximum atomic E-state index is 4.52. The molecule has 1 N–H and O–H groups in total. The van der Waals surface area contributed by atoms with Crippen molar-refractivity contribution in [3.05, 3.63) is 64.5 Å². The fourth-order valence-electron chi connectivity index (χ4n) is 2.29. The number of nitrogens with one attached hydrogen (secondary N) is 1. The van der Waals surface area contributed by atoms with Crippen LogP contribution in [-0.4, -0.2) is 4.98 Å². The molecule has 0 fully saturated rings. The van der Waals surface area contributed by atoms with Gasteiger partial charge in [0.25, 0.3) is 0 Å². The Bertz CT molecular complexity index is 561. The quantitative estimate of drug-likeness (QED) is 0.896. The van der Waals surface area contributed by atoms with Crippen LogP contribution in [0.3, 0.4) is 0 Å². The van der Waals surface area contributed by atoms with E-state index >= 15 is 0 Å². The van der Waals surface area contributed by atoms with Crippen LogP contribution in [0.5, 0.6) is 0 Å². The molecule has 2 nitrogen and oxygen atoms in total. The topological polar surface area (TPSA) is 24.9 Å². The number of nitrogens with zero attached hydrogens (tertiary/aromatic N) is 1. The number of aryl methyl sites for hydroxylation is 3. The first-order valence-corrected chi connectivity index (χ1v) is 6.79. The summed E-state index contributed by atoms with van der Waals surface area (Å²) >= 11 is 0. The van der Waals surface area contributed by atoms with E-state index in [-0.39, 0.29) is 0 Å². The van der Waals surface area contributed by atoms with Crippen molar-refractivity contribution >= 4 is 0 Å². The van der Waals surface area contributed by atoms with Crippen molar-refractivity contribution in [1.29, 1.82) is 0 Å². The van der Waals surface area contributed by atoms with E-state index in [1.807, 2.05) is 13.0 Å². The second kappa shape index (κ2) is 5.98. The van der Waals surface area contributed by atoms with Crippen LogP contribution in [0.2, 0.25) is 0 Å².